The van der Waals surface area contributed by atoms with E-state index in [1.54, 1.807) is 24.3 Å². The van der Waals surface area contributed by atoms with Gasteiger partial charge in [0.05, 0.1) is 11.3 Å². The van der Waals surface area contributed by atoms with Crippen molar-refractivity contribution in [1.29, 1.82) is 0 Å². The number of primary amides is 1. The molecule has 1 amide bonds. The van der Waals surface area contributed by atoms with Crippen molar-refractivity contribution in [2.75, 3.05) is 29.1 Å². The molecule has 0 unspecified atom stereocenters. The number of anilines is 3. The lowest BCUT2D eigenvalue weighted by molar-refractivity contribution is 0.100. The molecule has 1 aliphatic rings. The summed E-state index contributed by atoms with van der Waals surface area (Å²) in [5.41, 5.74) is 15.1. The van der Waals surface area contributed by atoms with Crippen molar-refractivity contribution in [3.05, 3.63) is 39.5 Å². The summed E-state index contributed by atoms with van der Waals surface area (Å²) in [4.78, 5) is 25.5. The lowest BCUT2D eigenvalue weighted by Crippen LogP contribution is -2.25. The van der Waals surface area contributed by atoms with Crippen molar-refractivity contribution >= 4 is 33.8 Å². The van der Waals surface area contributed by atoms with E-state index in [1.807, 2.05) is 0 Å². The zero-order chi connectivity index (χ0) is 15.7. The molecule has 0 aliphatic carbocycles. The molecule has 1 aromatic heterocycles. The van der Waals surface area contributed by atoms with E-state index in [0.717, 1.165) is 42.3 Å². The molecule has 5 N–H and O–H groups in total. The van der Waals surface area contributed by atoms with Gasteiger partial charge in [-0.15, -0.1) is 0 Å². The van der Waals surface area contributed by atoms with Gasteiger partial charge in [-0.25, -0.2) is 0 Å². The quantitative estimate of drug-likeness (QED) is 0.781. The number of carbonyl (C=O) groups excluding carboxylic acids is 1. The average molecular weight is 319 g/mol. The topological polar surface area (TPSA) is 106 Å². The summed E-state index contributed by atoms with van der Waals surface area (Å²) in [6, 6.07) is 6.74. The number of thiazole rings is 1. The molecule has 22 heavy (non-hydrogen) atoms. The zero-order valence-corrected chi connectivity index (χ0v) is 12.7. The number of benzene rings is 1. The Bertz CT molecular complexity index is 761. The maximum absolute atomic E-state index is 12.2. The van der Waals surface area contributed by atoms with Crippen molar-refractivity contribution < 1.29 is 4.79 Å². The van der Waals surface area contributed by atoms with Gasteiger partial charge < -0.3 is 16.4 Å². The van der Waals surface area contributed by atoms with Gasteiger partial charge in [-0.2, -0.15) is 4.68 Å². The summed E-state index contributed by atoms with van der Waals surface area (Å²) in [5.74, 6) is -0.208. The van der Waals surface area contributed by atoms with Crippen LogP contribution in [0, 0.1) is 0 Å². The summed E-state index contributed by atoms with van der Waals surface area (Å²) >= 11 is 1.10. The number of nitrogens with two attached hydrogens (primary N) is 2. The molecule has 1 aromatic carbocycles. The average Bonchev–Trinajstić information content (AvgIpc) is 3.11. The van der Waals surface area contributed by atoms with Crippen LogP contribution in [0.2, 0.25) is 0 Å². The summed E-state index contributed by atoms with van der Waals surface area (Å²) in [6.45, 7) is 1.81. The van der Waals surface area contributed by atoms with E-state index >= 15 is 0 Å². The summed E-state index contributed by atoms with van der Waals surface area (Å²) < 4.78 is 1.26. The molecule has 2 heterocycles. The second-order valence-electron chi connectivity index (χ2n) is 5.11. The molecule has 0 atom stereocenters. The number of hydrogen-bond acceptors (Lipinski definition) is 6. The predicted octanol–water partition coefficient (Wildman–Crippen LogP) is 1.07. The van der Waals surface area contributed by atoms with Crippen LogP contribution in [0.15, 0.2) is 29.1 Å². The molecule has 2 aromatic rings. The first-order valence-electron chi connectivity index (χ1n) is 7.00. The van der Waals surface area contributed by atoms with Crippen molar-refractivity contribution in [2.45, 2.75) is 12.8 Å². The number of nitrogens with zero attached hydrogens (tertiary/aromatic N) is 2. The first-order valence-corrected chi connectivity index (χ1v) is 7.81. The maximum Gasteiger partial charge on any atom is 0.329 e. The minimum Gasteiger partial charge on any atom is -0.381 e. The Kier molecular flexibility index (Phi) is 3.76. The number of nitrogens with one attached hydrogen (secondary N) is 1. The molecule has 1 aliphatic heterocycles. The third kappa shape index (κ3) is 2.52. The van der Waals surface area contributed by atoms with Gasteiger partial charge in [-0.05, 0) is 25.0 Å². The first-order chi connectivity index (χ1) is 10.6. The van der Waals surface area contributed by atoms with Crippen LogP contribution >= 0.6 is 11.3 Å². The van der Waals surface area contributed by atoms with Gasteiger partial charge in [0.1, 0.15) is 5.00 Å². The highest BCUT2D eigenvalue weighted by molar-refractivity contribution is 7.14. The minimum atomic E-state index is -0.565. The number of nitrogen functional groups attached to an aromatic ring is 1. The summed E-state index contributed by atoms with van der Waals surface area (Å²) in [5, 5.41) is 0.770. The fourth-order valence-corrected chi connectivity index (χ4v) is 3.45. The summed E-state index contributed by atoms with van der Waals surface area (Å²) in [6.07, 6.45) is 2.20. The van der Waals surface area contributed by atoms with Crippen LogP contribution < -0.4 is 26.7 Å². The Hall–Kier alpha value is -2.48. The monoisotopic (exact) mass is 319 g/mol. The van der Waals surface area contributed by atoms with Crippen LogP contribution in [0.1, 0.15) is 23.2 Å². The van der Waals surface area contributed by atoms with Crippen LogP contribution in [-0.2, 0) is 0 Å². The van der Waals surface area contributed by atoms with Crippen molar-refractivity contribution in [3.8, 4) is 0 Å². The third-order valence-electron chi connectivity index (χ3n) is 3.64. The van der Waals surface area contributed by atoms with E-state index in [1.165, 1.54) is 4.68 Å². The highest BCUT2D eigenvalue weighted by atomic mass is 32.1. The lowest BCUT2D eigenvalue weighted by Gasteiger charge is -2.16. The Labute approximate surface area is 131 Å². The van der Waals surface area contributed by atoms with E-state index in [9.17, 15) is 9.59 Å². The predicted molar refractivity (Wildman–Crippen MR) is 88.4 cm³/mol. The number of carbonyl (C=O) groups is 1. The molecular weight excluding hydrogens is 302 g/mol. The molecule has 116 valence electrons. The standard InChI is InChI=1S/C14H17N5O2S/c15-11-13(18-7-3-4-8-18)22-14(21)19(11)17-10-6-2-1-5-9(10)12(16)20/h1-2,5-6,17H,3-4,7-8,15H2,(H2,16,20). The first kappa shape index (κ1) is 14.5. The van der Waals surface area contributed by atoms with Crippen LogP contribution in [0.3, 0.4) is 0 Å². The molecule has 7 nitrogen and oxygen atoms in total. The van der Waals surface area contributed by atoms with Crippen LogP contribution in [-0.4, -0.2) is 23.7 Å². The molecule has 0 radical (unpaired) electrons. The van der Waals surface area contributed by atoms with Crippen molar-refractivity contribution in [1.82, 2.24) is 4.68 Å². The van der Waals surface area contributed by atoms with Crippen molar-refractivity contribution in [2.24, 2.45) is 5.73 Å². The van der Waals surface area contributed by atoms with E-state index in [4.69, 9.17) is 11.5 Å². The molecule has 0 bridgehead atoms. The number of hydrogen-bond donors (Lipinski definition) is 3. The molecule has 3 rings (SSSR count). The van der Waals surface area contributed by atoms with Gasteiger partial charge in [-0.3, -0.25) is 15.0 Å². The maximum atomic E-state index is 12.2. The van der Waals surface area contributed by atoms with Gasteiger partial charge in [-0.1, -0.05) is 23.5 Å². The van der Waals surface area contributed by atoms with E-state index in [-0.39, 0.29) is 4.87 Å². The normalized spacial score (nSPS) is 14.3. The Balaban J connectivity index is 1.96. The molecule has 8 heteroatoms. The number of amides is 1. The molecule has 1 fully saturated rings. The lowest BCUT2D eigenvalue weighted by atomic mass is 10.2. The molecule has 0 saturated carbocycles. The second kappa shape index (κ2) is 5.72. The zero-order valence-electron chi connectivity index (χ0n) is 11.9. The fraction of sp³-hybridized carbons (Fsp3) is 0.286. The van der Waals surface area contributed by atoms with E-state index in [0.29, 0.717) is 17.1 Å². The largest absolute Gasteiger partial charge is 0.381 e. The molecular formula is C14H17N5O2S. The highest BCUT2D eigenvalue weighted by Gasteiger charge is 2.21. The van der Waals surface area contributed by atoms with Crippen molar-refractivity contribution in [3.63, 3.8) is 0 Å². The highest BCUT2D eigenvalue weighted by Crippen LogP contribution is 2.30. The molecule has 0 spiro atoms. The second-order valence-corrected chi connectivity index (χ2v) is 6.05. The van der Waals surface area contributed by atoms with E-state index < -0.39 is 5.91 Å². The summed E-state index contributed by atoms with van der Waals surface area (Å²) in [7, 11) is 0. The number of aromatic nitrogens is 1. The number of rotatable bonds is 4. The van der Waals surface area contributed by atoms with Gasteiger partial charge in [0.2, 0.25) is 0 Å². The Morgan fingerprint density at radius 1 is 1.23 bits per heavy atom. The van der Waals surface area contributed by atoms with Crippen LogP contribution in [0.5, 0.6) is 0 Å². The Morgan fingerprint density at radius 2 is 1.91 bits per heavy atom. The molecule has 1 saturated heterocycles. The van der Waals surface area contributed by atoms with Gasteiger partial charge in [0, 0.05) is 13.1 Å². The van der Waals surface area contributed by atoms with Gasteiger partial charge in [0.15, 0.2) is 5.82 Å². The van der Waals surface area contributed by atoms with Gasteiger partial charge in [0.25, 0.3) is 5.91 Å². The minimum absolute atomic E-state index is 0.223. The smallest absolute Gasteiger partial charge is 0.329 e. The SMILES string of the molecule is NC(=O)c1ccccc1Nn1c(N)c(N2CCCC2)sc1=O. The fourth-order valence-electron chi connectivity index (χ4n) is 2.54. The van der Waals surface area contributed by atoms with Gasteiger partial charge >= 0.3 is 4.87 Å². The van der Waals surface area contributed by atoms with E-state index in [2.05, 4.69) is 10.3 Å². The van der Waals surface area contributed by atoms with Crippen LogP contribution in [0.25, 0.3) is 0 Å². The van der Waals surface area contributed by atoms with Crippen LogP contribution in [0.4, 0.5) is 16.5 Å². The Morgan fingerprint density at radius 3 is 2.59 bits per heavy atom. The third-order valence-corrected chi connectivity index (χ3v) is 4.66. The number of para-hydroxylation sites is 1.